The van der Waals surface area contributed by atoms with Crippen molar-refractivity contribution in [2.24, 2.45) is 15.9 Å². The number of oxime groups is 1. The average Bonchev–Trinajstić information content (AvgIpc) is 2.59. The highest BCUT2D eigenvalue weighted by Crippen LogP contribution is 2.09. The van der Waals surface area contributed by atoms with E-state index in [0.717, 1.165) is 12.0 Å². The van der Waals surface area contributed by atoms with Crippen LogP contribution in [0, 0.1) is 0 Å². The minimum atomic E-state index is -0.907. The predicted molar refractivity (Wildman–Crippen MR) is 97.5 cm³/mol. The Morgan fingerprint density at radius 3 is 2.71 bits per heavy atom. The first-order valence-electron chi connectivity index (χ1n) is 7.78. The Labute approximate surface area is 144 Å². The lowest BCUT2D eigenvalue weighted by Gasteiger charge is -2.24. The Balaban J connectivity index is 4.64. The number of nitrogens with zero attached hydrogens (tertiary/aromatic N) is 3. The summed E-state index contributed by atoms with van der Waals surface area (Å²) in [5.41, 5.74) is 6.91. The van der Waals surface area contributed by atoms with Gasteiger partial charge in [-0.2, -0.15) is 0 Å². The number of ether oxygens (including phenoxy) is 1. The van der Waals surface area contributed by atoms with Crippen molar-refractivity contribution in [2.45, 2.75) is 45.7 Å². The van der Waals surface area contributed by atoms with Crippen LogP contribution in [0.4, 0.5) is 0 Å². The molecule has 0 aliphatic rings. The molecule has 0 fully saturated rings. The van der Waals surface area contributed by atoms with E-state index in [2.05, 4.69) is 22.2 Å². The van der Waals surface area contributed by atoms with Gasteiger partial charge in [-0.15, -0.1) is 0 Å². The summed E-state index contributed by atoms with van der Waals surface area (Å²) in [6, 6.07) is -0.251. The Morgan fingerprint density at radius 2 is 2.17 bits per heavy atom. The lowest BCUT2D eigenvalue weighted by Crippen LogP contribution is -2.37. The van der Waals surface area contributed by atoms with Gasteiger partial charge in [0.2, 0.25) is 6.41 Å². The largest absolute Gasteiger partial charge is 0.368 e. The van der Waals surface area contributed by atoms with Crippen molar-refractivity contribution in [1.82, 2.24) is 10.2 Å². The molecule has 0 heterocycles. The van der Waals surface area contributed by atoms with Crippen LogP contribution in [0.5, 0.6) is 0 Å². The maximum absolute atomic E-state index is 9.55. The number of hydrogen-bond acceptors (Lipinski definition) is 8. The fraction of sp³-hybridized carbons (Fsp3) is 0.625. The summed E-state index contributed by atoms with van der Waals surface area (Å²) in [5.74, 6) is 0.633. The number of aliphatic hydroxyl groups is 1. The van der Waals surface area contributed by atoms with E-state index in [4.69, 9.17) is 15.3 Å². The fourth-order valence-electron chi connectivity index (χ4n) is 1.80. The van der Waals surface area contributed by atoms with Crippen molar-refractivity contribution >= 4 is 12.9 Å². The van der Waals surface area contributed by atoms with Crippen molar-refractivity contribution in [2.75, 3.05) is 20.7 Å². The van der Waals surface area contributed by atoms with Gasteiger partial charge in [0, 0.05) is 25.9 Å². The summed E-state index contributed by atoms with van der Waals surface area (Å²) < 4.78 is 4.85. The minimum Gasteiger partial charge on any atom is -0.368 e. The van der Waals surface area contributed by atoms with Crippen molar-refractivity contribution in [3.8, 4) is 0 Å². The van der Waals surface area contributed by atoms with E-state index in [1.165, 1.54) is 19.6 Å². The second-order valence-corrected chi connectivity index (χ2v) is 5.39. The Morgan fingerprint density at radius 1 is 1.50 bits per heavy atom. The third kappa shape index (κ3) is 8.78. The molecule has 0 rings (SSSR count). The minimum absolute atomic E-state index is 0.115. The van der Waals surface area contributed by atoms with Crippen LogP contribution in [0.2, 0.25) is 0 Å². The first-order chi connectivity index (χ1) is 11.4. The summed E-state index contributed by atoms with van der Waals surface area (Å²) in [7, 11) is 3.24. The molecule has 0 aromatic heterocycles. The zero-order chi connectivity index (χ0) is 18.5. The lowest BCUT2D eigenvalue weighted by atomic mass is 10.1. The molecule has 8 heteroatoms. The zero-order valence-electron chi connectivity index (χ0n) is 15.3. The number of nitrogens with one attached hydrogen (secondary N) is 1. The number of aliphatic imine (C=N–C) groups is 1. The molecule has 0 saturated heterocycles. The molecule has 138 valence electrons. The van der Waals surface area contributed by atoms with Gasteiger partial charge in [-0.3, -0.25) is 4.90 Å². The van der Waals surface area contributed by atoms with Crippen LogP contribution >= 0.6 is 0 Å². The van der Waals surface area contributed by atoms with Gasteiger partial charge in [0.25, 0.3) is 0 Å². The van der Waals surface area contributed by atoms with E-state index in [-0.39, 0.29) is 12.1 Å². The van der Waals surface area contributed by atoms with E-state index in [0.29, 0.717) is 12.4 Å². The number of aliphatic hydroxyl groups excluding tert-OH is 1. The molecular formula is C16H31N5O3. The number of methoxy groups -OCH3 is 1. The van der Waals surface area contributed by atoms with Gasteiger partial charge in [0.15, 0.2) is 0 Å². The van der Waals surface area contributed by atoms with Crippen molar-refractivity contribution in [1.29, 1.82) is 0 Å². The van der Waals surface area contributed by atoms with E-state index < -0.39 is 6.41 Å². The molecule has 0 aromatic rings. The number of nitrogens with two attached hydrogens (primary N) is 1. The van der Waals surface area contributed by atoms with Gasteiger partial charge >= 0.3 is 0 Å². The van der Waals surface area contributed by atoms with E-state index in [9.17, 15) is 5.11 Å². The van der Waals surface area contributed by atoms with Crippen LogP contribution in [0.15, 0.2) is 33.9 Å². The third-order valence-corrected chi connectivity index (χ3v) is 3.43. The topological polar surface area (TPSA) is 105 Å². The van der Waals surface area contributed by atoms with E-state index >= 15 is 0 Å². The van der Waals surface area contributed by atoms with Gasteiger partial charge in [-0.1, -0.05) is 5.16 Å². The first-order valence-corrected chi connectivity index (χ1v) is 7.78. The van der Waals surface area contributed by atoms with Gasteiger partial charge in [-0.05, 0) is 52.6 Å². The Hall–Kier alpha value is -1.74. The molecule has 0 spiro atoms. The first kappa shape index (κ1) is 22.3. The van der Waals surface area contributed by atoms with Crippen molar-refractivity contribution in [3.63, 3.8) is 0 Å². The van der Waals surface area contributed by atoms with Crippen LogP contribution in [0.1, 0.15) is 27.2 Å². The fourth-order valence-corrected chi connectivity index (χ4v) is 1.80. The molecule has 0 aliphatic heterocycles. The maximum Gasteiger partial charge on any atom is 0.215 e. The van der Waals surface area contributed by atoms with Crippen LogP contribution in [-0.4, -0.2) is 62.1 Å². The third-order valence-electron chi connectivity index (χ3n) is 3.43. The Kier molecular flexibility index (Phi) is 11.7. The summed E-state index contributed by atoms with van der Waals surface area (Å²) in [5, 5.41) is 16.4. The number of rotatable bonds is 12. The zero-order valence-corrected chi connectivity index (χ0v) is 15.3. The molecule has 4 N–H and O–H groups in total. The van der Waals surface area contributed by atoms with Gasteiger partial charge < -0.3 is 25.7 Å². The molecule has 3 atom stereocenters. The van der Waals surface area contributed by atoms with Gasteiger partial charge in [-0.25, -0.2) is 4.99 Å². The molecule has 3 unspecified atom stereocenters. The smallest absolute Gasteiger partial charge is 0.215 e. The van der Waals surface area contributed by atoms with Crippen molar-refractivity contribution in [3.05, 3.63) is 23.7 Å². The summed E-state index contributed by atoms with van der Waals surface area (Å²) in [4.78, 5) is 10.6. The van der Waals surface area contributed by atoms with Crippen LogP contribution in [0.3, 0.4) is 0 Å². The summed E-state index contributed by atoms with van der Waals surface area (Å²) >= 11 is 0. The Bertz CT molecular complexity index is 451. The van der Waals surface area contributed by atoms with Crippen molar-refractivity contribution < 1.29 is 14.7 Å². The maximum atomic E-state index is 9.55. The van der Waals surface area contributed by atoms with E-state index in [1.54, 1.807) is 24.9 Å². The highest BCUT2D eigenvalue weighted by molar-refractivity contribution is 5.52. The quantitative estimate of drug-likeness (QED) is 0.212. The average molecular weight is 341 g/mol. The van der Waals surface area contributed by atoms with E-state index in [1.807, 2.05) is 13.8 Å². The highest BCUT2D eigenvalue weighted by atomic mass is 16.6. The SMILES string of the molecule is C=N/C(NC(C)CCN(C)C(O)OC)=C(/C)C(N)/C=C/O/N=C/C. The molecule has 8 nitrogen and oxygen atoms in total. The molecule has 0 bridgehead atoms. The molecule has 0 aliphatic carbocycles. The standard InChI is InChI=1S/C16H31N5O3/c1-7-19-24-11-9-14(17)13(3)15(18-4)20-12(2)8-10-21(5)16(22)23-6/h7,9,11-12,14,16,20,22H,4,8,10,17H2,1-3,5-6H3/b11-9+,15-13+,19-7+. The lowest BCUT2D eigenvalue weighted by molar-refractivity contribution is -0.167. The van der Waals surface area contributed by atoms with Crippen LogP contribution in [0.25, 0.3) is 0 Å². The molecular weight excluding hydrogens is 310 g/mol. The molecule has 0 saturated carbocycles. The molecule has 0 amide bonds. The van der Waals surface area contributed by atoms with Gasteiger partial charge in [0.05, 0.1) is 6.04 Å². The molecule has 0 aromatic carbocycles. The van der Waals surface area contributed by atoms with Crippen LogP contribution < -0.4 is 11.1 Å². The monoisotopic (exact) mass is 341 g/mol. The summed E-state index contributed by atoms with van der Waals surface area (Å²) in [6.45, 7) is 9.90. The van der Waals surface area contributed by atoms with Crippen LogP contribution in [-0.2, 0) is 9.57 Å². The van der Waals surface area contributed by atoms with Gasteiger partial charge in [0.1, 0.15) is 12.1 Å². The second kappa shape index (κ2) is 12.7. The normalized spacial score (nSPS) is 17.0. The number of hydrogen-bond donors (Lipinski definition) is 3. The summed E-state index contributed by atoms with van der Waals surface area (Å²) in [6.07, 6.45) is 4.52. The predicted octanol–water partition coefficient (Wildman–Crippen LogP) is 1.00. The highest BCUT2D eigenvalue weighted by Gasteiger charge is 2.13. The molecule has 0 radical (unpaired) electrons. The molecule has 24 heavy (non-hydrogen) atoms. The second-order valence-electron chi connectivity index (χ2n) is 5.39.